The Morgan fingerprint density at radius 2 is 2.07 bits per heavy atom. The van der Waals surface area contributed by atoms with Gasteiger partial charge in [0.1, 0.15) is 5.82 Å². The number of benzene rings is 1. The Morgan fingerprint density at radius 1 is 1.47 bits per heavy atom. The lowest BCUT2D eigenvalue weighted by molar-refractivity contribution is -0.147. The van der Waals surface area contributed by atoms with Crippen molar-refractivity contribution in [3.05, 3.63) is 28.5 Å². The SMILES string of the molecule is Cc1cc(F)c(Cl)cc1NC(=O)C(=O)O. The van der Waals surface area contributed by atoms with E-state index in [1.807, 2.05) is 0 Å². The van der Waals surface area contributed by atoms with Crippen LogP contribution in [0.1, 0.15) is 5.56 Å². The number of carbonyl (C=O) groups excluding carboxylic acids is 1. The van der Waals surface area contributed by atoms with Crippen LogP contribution in [-0.4, -0.2) is 17.0 Å². The van der Waals surface area contributed by atoms with E-state index in [1.54, 1.807) is 0 Å². The van der Waals surface area contributed by atoms with Crippen LogP contribution in [0.25, 0.3) is 0 Å². The fraction of sp³-hybridized carbons (Fsp3) is 0.111. The van der Waals surface area contributed by atoms with E-state index in [-0.39, 0.29) is 10.7 Å². The Labute approximate surface area is 89.7 Å². The molecular weight excluding hydrogens is 225 g/mol. The predicted molar refractivity (Wildman–Crippen MR) is 52.4 cm³/mol. The molecule has 80 valence electrons. The zero-order valence-electron chi connectivity index (χ0n) is 7.67. The van der Waals surface area contributed by atoms with Gasteiger partial charge in [0.25, 0.3) is 0 Å². The van der Waals surface area contributed by atoms with Crippen molar-refractivity contribution in [1.82, 2.24) is 0 Å². The van der Waals surface area contributed by atoms with Gasteiger partial charge in [0.15, 0.2) is 0 Å². The maximum Gasteiger partial charge on any atom is 0.394 e. The third-order valence-electron chi connectivity index (χ3n) is 1.71. The highest BCUT2D eigenvalue weighted by molar-refractivity contribution is 6.37. The van der Waals surface area contributed by atoms with Gasteiger partial charge in [0, 0.05) is 5.69 Å². The molecule has 0 fully saturated rings. The lowest BCUT2D eigenvalue weighted by atomic mass is 10.2. The minimum Gasteiger partial charge on any atom is -0.474 e. The summed E-state index contributed by atoms with van der Waals surface area (Å²) in [6, 6.07) is 2.27. The van der Waals surface area contributed by atoms with Gasteiger partial charge in [-0.2, -0.15) is 0 Å². The first kappa shape index (κ1) is 11.5. The zero-order valence-corrected chi connectivity index (χ0v) is 8.43. The van der Waals surface area contributed by atoms with Gasteiger partial charge in [-0.15, -0.1) is 0 Å². The molecule has 1 rings (SSSR count). The number of hydrogen-bond acceptors (Lipinski definition) is 2. The van der Waals surface area contributed by atoms with Gasteiger partial charge in [-0.25, -0.2) is 9.18 Å². The Kier molecular flexibility index (Phi) is 3.26. The second kappa shape index (κ2) is 4.27. The van der Waals surface area contributed by atoms with Crippen LogP contribution in [0, 0.1) is 12.7 Å². The third-order valence-corrected chi connectivity index (χ3v) is 2.00. The van der Waals surface area contributed by atoms with Crippen LogP contribution in [-0.2, 0) is 9.59 Å². The fourth-order valence-electron chi connectivity index (χ4n) is 0.957. The van der Waals surface area contributed by atoms with E-state index in [1.165, 1.54) is 6.92 Å². The van der Waals surface area contributed by atoms with Gasteiger partial charge >= 0.3 is 11.9 Å². The average Bonchev–Trinajstić information content (AvgIpc) is 2.13. The van der Waals surface area contributed by atoms with E-state index in [4.69, 9.17) is 16.7 Å². The number of aryl methyl sites for hydroxylation is 1. The molecule has 0 saturated heterocycles. The first-order chi connectivity index (χ1) is 6.91. The highest BCUT2D eigenvalue weighted by Crippen LogP contribution is 2.23. The van der Waals surface area contributed by atoms with E-state index in [0.29, 0.717) is 5.56 Å². The van der Waals surface area contributed by atoms with Crippen molar-refractivity contribution in [2.24, 2.45) is 0 Å². The molecule has 0 aromatic heterocycles. The van der Waals surface area contributed by atoms with Crippen molar-refractivity contribution < 1.29 is 19.1 Å². The van der Waals surface area contributed by atoms with E-state index in [9.17, 15) is 14.0 Å². The zero-order chi connectivity index (χ0) is 11.6. The van der Waals surface area contributed by atoms with Gasteiger partial charge in [0.2, 0.25) is 0 Å². The van der Waals surface area contributed by atoms with Crippen LogP contribution < -0.4 is 5.32 Å². The van der Waals surface area contributed by atoms with Crippen molar-refractivity contribution in [3.8, 4) is 0 Å². The minimum atomic E-state index is -1.62. The van der Waals surface area contributed by atoms with Crippen LogP contribution >= 0.6 is 11.6 Å². The first-order valence-electron chi connectivity index (χ1n) is 3.91. The van der Waals surface area contributed by atoms with Gasteiger partial charge in [-0.05, 0) is 24.6 Å². The summed E-state index contributed by atoms with van der Waals surface area (Å²) in [5.41, 5.74) is 0.570. The molecule has 1 aromatic carbocycles. The number of carbonyl (C=O) groups is 2. The van der Waals surface area contributed by atoms with Crippen molar-refractivity contribution in [1.29, 1.82) is 0 Å². The van der Waals surface area contributed by atoms with E-state index < -0.39 is 17.7 Å². The van der Waals surface area contributed by atoms with Crippen LogP contribution in [0.15, 0.2) is 12.1 Å². The lowest BCUT2D eigenvalue weighted by Gasteiger charge is -2.07. The second-order valence-electron chi connectivity index (χ2n) is 2.84. The lowest BCUT2D eigenvalue weighted by Crippen LogP contribution is -2.22. The Bertz CT molecular complexity index is 434. The summed E-state index contributed by atoms with van der Waals surface area (Å²) in [5.74, 6) is -3.43. The molecule has 6 heteroatoms. The fourth-order valence-corrected chi connectivity index (χ4v) is 1.12. The first-order valence-corrected chi connectivity index (χ1v) is 4.29. The third kappa shape index (κ3) is 2.66. The molecular formula is C9H7ClFNO3. The predicted octanol–water partition coefficient (Wildman–Crippen LogP) is 1.81. The van der Waals surface area contributed by atoms with E-state index >= 15 is 0 Å². The summed E-state index contributed by atoms with van der Waals surface area (Å²) in [7, 11) is 0. The smallest absolute Gasteiger partial charge is 0.394 e. The van der Waals surface area contributed by atoms with E-state index in [2.05, 4.69) is 5.32 Å². The van der Waals surface area contributed by atoms with Crippen molar-refractivity contribution in [2.75, 3.05) is 5.32 Å². The molecule has 1 amide bonds. The van der Waals surface area contributed by atoms with Gasteiger partial charge in [-0.1, -0.05) is 11.6 Å². The largest absolute Gasteiger partial charge is 0.474 e. The number of carboxylic acids is 1. The minimum absolute atomic E-state index is 0.175. The van der Waals surface area contributed by atoms with Gasteiger partial charge in [-0.3, -0.25) is 4.79 Å². The molecule has 0 saturated carbocycles. The monoisotopic (exact) mass is 231 g/mol. The molecule has 0 heterocycles. The van der Waals surface area contributed by atoms with Crippen LogP contribution in [0.4, 0.5) is 10.1 Å². The maximum absolute atomic E-state index is 12.9. The number of rotatable bonds is 1. The molecule has 2 N–H and O–H groups in total. The molecule has 15 heavy (non-hydrogen) atoms. The number of carboxylic acid groups (broad SMARTS) is 1. The quantitative estimate of drug-likeness (QED) is 0.725. The molecule has 0 radical (unpaired) electrons. The summed E-state index contributed by atoms with van der Waals surface area (Å²) in [6.07, 6.45) is 0. The molecule has 0 aliphatic heterocycles. The molecule has 0 aliphatic rings. The normalized spacial score (nSPS) is 9.80. The number of hydrogen-bond donors (Lipinski definition) is 2. The highest BCUT2D eigenvalue weighted by atomic mass is 35.5. The number of amides is 1. The number of aliphatic carboxylic acids is 1. The highest BCUT2D eigenvalue weighted by Gasteiger charge is 2.13. The molecule has 0 atom stereocenters. The van der Waals surface area contributed by atoms with E-state index in [0.717, 1.165) is 12.1 Å². The van der Waals surface area contributed by atoms with Crippen molar-refractivity contribution >= 4 is 29.2 Å². The standard InChI is InChI=1S/C9H7ClFNO3/c1-4-2-6(11)5(10)3-7(4)12-8(13)9(14)15/h2-3H,1H3,(H,12,13)(H,14,15). The molecule has 0 aliphatic carbocycles. The molecule has 4 nitrogen and oxygen atoms in total. The summed E-state index contributed by atoms with van der Waals surface area (Å²) >= 11 is 5.48. The van der Waals surface area contributed by atoms with Crippen molar-refractivity contribution in [2.45, 2.75) is 6.92 Å². The summed E-state index contributed by atoms with van der Waals surface area (Å²) in [4.78, 5) is 21.1. The van der Waals surface area contributed by atoms with Crippen LogP contribution in [0.2, 0.25) is 5.02 Å². The maximum atomic E-state index is 12.9. The molecule has 0 spiro atoms. The number of anilines is 1. The number of nitrogens with one attached hydrogen (secondary N) is 1. The molecule has 0 unspecified atom stereocenters. The molecule has 1 aromatic rings. The summed E-state index contributed by atoms with van der Waals surface area (Å²) < 4.78 is 12.9. The van der Waals surface area contributed by atoms with Gasteiger partial charge in [0.05, 0.1) is 5.02 Å². The Balaban J connectivity index is 3.01. The summed E-state index contributed by atoms with van der Waals surface area (Å²) in [5, 5.41) is 10.2. The van der Waals surface area contributed by atoms with Crippen LogP contribution in [0.3, 0.4) is 0 Å². The average molecular weight is 232 g/mol. The topological polar surface area (TPSA) is 66.4 Å². The van der Waals surface area contributed by atoms with Crippen molar-refractivity contribution in [3.63, 3.8) is 0 Å². The van der Waals surface area contributed by atoms with Crippen LogP contribution in [0.5, 0.6) is 0 Å². The molecule has 0 bridgehead atoms. The van der Waals surface area contributed by atoms with Gasteiger partial charge < -0.3 is 10.4 Å². The second-order valence-corrected chi connectivity index (χ2v) is 3.25. The summed E-state index contributed by atoms with van der Waals surface area (Å²) in [6.45, 7) is 1.52. The number of halogens is 2. The Morgan fingerprint density at radius 3 is 2.60 bits per heavy atom. The Hall–Kier alpha value is -1.62.